The van der Waals surface area contributed by atoms with E-state index in [1.54, 1.807) is 32.1 Å². The largest absolute Gasteiger partial charge is 0.481 e. The molecule has 0 radical (unpaired) electrons. The summed E-state index contributed by atoms with van der Waals surface area (Å²) in [6.07, 6.45) is 5.43. The van der Waals surface area contributed by atoms with Crippen molar-refractivity contribution in [2.24, 2.45) is 0 Å². The van der Waals surface area contributed by atoms with E-state index in [0.717, 1.165) is 0 Å². The third-order valence-corrected chi connectivity index (χ3v) is 4.16. The Bertz CT molecular complexity index is 670. The van der Waals surface area contributed by atoms with Crippen LogP contribution in [0, 0.1) is 0 Å². The molecule has 3 aliphatic rings. The summed E-state index contributed by atoms with van der Waals surface area (Å²) in [7, 11) is 0. The zero-order chi connectivity index (χ0) is 16.1. The van der Waals surface area contributed by atoms with Gasteiger partial charge in [-0.05, 0) is 26.8 Å². The van der Waals surface area contributed by atoms with Gasteiger partial charge < -0.3 is 14.2 Å². The van der Waals surface area contributed by atoms with Crippen LogP contribution in [0.5, 0.6) is 0 Å². The number of rotatable bonds is 3. The number of esters is 1. The van der Waals surface area contributed by atoms with Gasteiger partial charge in [0.1, 0.15) is 5.76 Å². The summed E-state index contributed by atoms with van der Waals surface area (Å²) in [5.74, 6) is -1.16. The maximum Gasteiger partial charge on any atom is 0.345 e. The molecule has 0 aromatic carbocycles. The molecule has 0 aromatic rings. The van der Waals surface area contributed by atoms with E-state index in [1.165, 1.54) is 6.08 Å². The Kier molecular flexibility index (Phi) is 3.11. The van der Waals surface area contributed by atoms with Gasteiger partial charge in [-0.25, -0.2) is 4.79 Å². The smallest absolute Gasteiger partial charge is 0.345 e. The lowest BCUT2D eigenvalue weighted by Gasteiger charge is -2.38. The summed E-state index contributed by atoms with van der Waals surface area (Å²) in [6, 6.07) is 0. The predicted octanol–water partition coefficient (Wildman–Crippen LogP) is 1.01. The Morgan fingerprint density at radius 3 is 2.73 bits per heavy atom. The second-order valence-corrected chi connectivity index (χ2v) is 5.64. The van der Waals surface area contributed by atoms with Crippen molar-refractivity contribution in [3.63, 3.8) is 0 Å². The van der Waals surface area contributed by atoms with Gasteiger partial charge >= 0.3 is 5.97 Å². The molecule has 6 nitrogen and oxygen atoms in total. The summed E-state index contributed by atoms with van der Waals surface area (Å²) >= 11 is 0. The predicted molar refractivity (Wildman–Crippen MR) is 74.7 cm³/mol. The Morgan fingerprint density at radius 2 is 2.05 bits per heavy atom. The van der Waals surface area contributed by atoms with E-state index in [9.17, 15) is 14.4 Å². The maximum atomic E-state index is 12.6. The van der Waals surface area contributed by atoms with Gasteiger partial charge in [0, 0.05) is 5.57 Å². The fourth-order valence-corrected chi connectivity index (χ4v) is 3.12. The van der Waals surface area contributed by atoms with Gasteiger partial charge in [-0.1, -0.05) is 18.2 Å². The highest BCUT2D eigenvalue weighted by atomic mass is 16.7. The van der Waals surface area contributed by atoms with E-state index in [0.29, 0.717) is 0 Å². The molecule has 0 bridgehead atoms. The van der Waals surface area contributed by atoms with Crippen molar-refractivity contribution >= 4 is 17.5 Å². The van der Waals surface area contributed by atoms with Crippen molar-refractivity contribution in [1.82, 2.24) is 0 Å². The van der Waals surface area contributed by atoms with Gasteiger partial charge in [0.2, 0.25) is 11.4 Å². The number of hydrogen-bond donors (Lipinski definition) is 0. The molecule has 0 N–H and O–H groups in total. The van der Waals surface area contributed by atoms with Crippen LogP contribution < -0.4 is 0 Å². The number of allylic oxidation sites excluding steroid dienone is 3. The van der Waals surface area contributed by atoms with Crippen LogP contribution in [-0.2, 0) is 28.6 Å². The molecule has 0 aromatic heterocycles. The third kappa shape index (κ3) is 1.73. The zero-order valence-electron chi connectivity index (χ0n) is 12.5. The summed E-state index contributed by atoms with van der Waals surface area (Å²) in [5.41, 5.74) is -2.57. The molecule has 3 atom stereocenters. The number of ether oxygens (including phenoxy) is 3. The van der Waals surface area contributed by atoms with Crippen LogP contribution in [0.2, 0.25) is 0 Å². The molecule has 2 heterocycles. The van der Waals surface area contributed by atoms with E-state index in [1.807, 2.05) is 6.92 Å². The average molecular weight is 304 g/mol. The van der Waals surface area contributed by atoms with Crippen molar-refractivity contribution in [2.45, 2.75) is 38.1 Å². The van der Waals surface area contributed by atoms with Crippen molar-refractivity contribution in [3.8, 4) is 0 Å². The number of fused-ring (bicyclic) bond motifs is 3. The minimum absolute atomic E-state index is 0.246. The lowest BCUT2D eigenvalue weighted by Crippen LogP contribution is -2.55. The van der Waals surface area contributed by atoms with Crippen LogP contribution in [0.4, 0.5) is 0 Å². The van der Waals surface area contributed by atoms with E-state index in [-0.39, 0.29) is 17.9 Å². The van der Waals surface area contributed by atoms with Gasteiger partial charge in [-0.15, -0.1) is 0 Å². The van der Waals surface area contributed by atoms with Gasteiger partial charge in [-0.2, -0.15) is 0 Å². The molecular formula is C16H16O6. The molecule has 0 unspecified atom stereocenters. The molecule has 0 saturated carbocycles. The fraction of sp³-hybridized carbons (Fsp3) is 0.438. The highest BCUT2D eigenvalue weighted by molar-refractivity contribution is 6.24. The van der Waals surface area contributed by atoms with Crippen LogP contribution in [0.25, 0.3) is 0 Å². The summed E-state index contributed by atoms with van der Waals surface area (Å²) in [4.78, 5) is 36.5. The number of hydrogen-bond acceptors (Lipinski definition) is 6. The monoisotopic (exact) mass is 304 g/mol. The van der Waals surface area contributed by atoms with E-state index in [4.69, 9.17) is 14.2 Å². The van der Waals surface area contributed by atoms with E-state index >= 15 is 0 Å². The molecule has 1 aliphatic carbocycles. The van der Waals surface area contributed by atoms with Crippen molar-refractivity contribution in [1.29, 1.82) is 0 Å². The number of epoxide rings is 1. The maximum absolute atomic E-state index is 12.6. The topological polar surface area (TPSA) is 82.2 Å². The summed E-state index contributed by atoms with van der Waals surface area (Å²) < 4.78 is 16.2. The van der Waals surface area contributed by atoms with Gasteiger partial charge in [0.05, 0.1) is 0 Å². The lowest BCUT2D eigenvalue weighted by atomic mass is 9.75. The van der Waals surface area contributed by atoms with Crippen molar-refractivity contribution in [2.75, 3.05) is 6.61 Å². The highest BCUT2D eigenvalue weighted by Crippen LogP contribution is 2.55. The molecule has 0 spiro atoms. The number of carbonyl (C=O) groups is 3. The standard InChI is InChI=1S/C16H16O6/c1-4-5-6-7-10(17)16-12(19)9(2)13-15(3,14(16)22-16)21-11(18)8-20-13/h4-7,14H,8H2,1-3H3/b5-4+,7-6+/t14-,15-,16+/m1/s1. The number of ketones is 2. The number of Topliss-reactive ketones (excluding diaryl/α,β-unsaturated/α-hetero) is 1. The van der Waals surface area contributed by atoms with Crippen LogP contribution in [0.1, 0.15) is 20.8 Å². The molecule has 2 saturated heterocycles. The van der Waals surface area contributed by atoms with Gasteiger partial charge in [-0.3, -0.25) is 9.59 Å². The minimum Gasteiger partial charge on any atom is -0.481 e. The second-order valence-electron chi connectivity index (χ2n) is 5.64. The molecule has 2 aliphatic heterocycles. The van der Waals surface area contributed by atoms with Crippen molar-refractivity contribution in [3.05, 3.63) is 35.6 Å². The van der Waals surface area contributed by atoms with E-state index < -0.39 is 34.8 Å². The van der Waals surface area contributed by atoms with Gasteiger partial charge in [0.25, 0.3) is 0 Å². The highest BCUT2D eigenvalue weighted by Gasteiger charge is 2.79. The SMILES string of the molecule is C/C=C/C=C/C(=O)[C@@]12O[C@@H]1[C@]1(C)OC(=O)COC1=C(C)C2=O. The molecule has 116 valence electrons. The Labute approximate surface area is 127 Å². The first kappa shape index (κ1) is 14.7. The first-order chi connectivity index (χ1) is 10.4. The first-order valence-corrected chi connectivity index (χ1v) is 7.00. The van der Waals surface area contributed by atoms with Crippen LogP contribution in [0.15, 0.2) is 35.6 Å². The fourth-order valence-electron chi connectivity index (χ4n) is 3.12. The Balaban J connectivity index is 2.02. The van der Waals surface area contributed by atoms with Gasteiger partial charge in [0.15, 0.2) is 24.1 Å². The Morgan fingerprint density at radius 1 is 1.32 bits per heavy atom. The molecular weight excluding hydrogens is 288 g/mol. The lowest BCUT2D eigenvalue weighted by molar-refractivity contribution is -0.178. The first-order valence-electron chi connectivity index (χ1n) is 7.00. The third-order valence-electron chi connectivity index (χ3n) is 4.16. The Hall–Kier alpha value is -2.21. The summed E-state index contributed by atoms with van der Waals surface area (Å²) in [6.45, 7) is 4.72. The number of carbonyl (C=O) groups excluding carboxylic acids is 3. The second kappa shape index (κ2) is 4.64. The normalized spacial score (nSPS) is 37.0. The van der Waals surface area contributed by atoms with E-state index in [2.05, 4.69) is 0 Å². The average Bonchev–Trinajstić information content (AvgIpc) is 3.23. The summed E-state index contributed by atoms with van der Waals surface area (Å²) in [5, 5.41) is 0. The molecule has 6 heteroatoms. The molecule has 3 rings (SSSR count). The minimum atomic E-state index is -1.60. The zero-order valence-corrected chi connectivity index (χ0v) is 12.5. The van der Waals surface area contributed by atoms with Crippen molar-refractivity contribution < 1.29 is 28.6 Å². The van der Waals surface area contributed by atoms with Crippen LogP contribution in [0.3, 0.4) is 0 Å². The van der Waals surface area contributed by atoms with Crippen LogP contribution in [-0.4, -0.2) is 41.4 Å². The quantitative estimate of drug-likeness (QED) is 0.254. The van der Waals surface area contributed by atoms with Crippen LogP contribution >= 0.6 is 0 Å². The molecule has 22 heavy (non-hydrogen) atoms. The molecule has 2 fully saturated rings. The molecule has 0 amide bonds.